The zero-order chi connectivity index (χ0) is 23.7. The van der Waals surface area contributed by atoms with Gasteiger partial charge >= 0.3 is 0 Å². The van der Waals surface area contributed by atoms with Crippen LogP contribution in [0.3, 0.4) is 0 Å². The number of pyridine rings is 2. The molecule has 2 aliphatic rings. The molecule has 1 saturated heterocycles. The Morgan fingerprint density at radius 3 is 2.74 bits per heavy atom. The van der Waals surface area contributed by atoms with Crippen molar-refractivity contribution in [3.63, 3.8) is 0 Å². The van der Waals surface area contributed by atoms with Gasteiger partial charge in [-0.2, -0.15) is 0 Å². The Balaban J connectivity index is 1.44. The van der Waals surface area contributed by atoms with E-state index in [1.54, 1.807) is 24.7 Å². The van der Waals surface area contributed by atoms with Gasteiger partial charge < -0.3 is 10.5 Å². The number of ketones is 1. The van der Waals surface area contributed by atoms with Crippen LogP contribution in [0.1, 0.15) is 77.9 Å². The smallest absolute Gasteiger partial charge is 0.169 e. The van der Waals surface area contributed by atoms with Crippen molar-refractivity contribution in [3.8, 4) is 0 Å². The van der Waals surface area contributed by atoms with Gasteiger partial charge in [-0.3, -0.25) is 14.8 Å². The molecular formula is C28H32FN3O2. The number of carbonyl (C=O) groups excluding carboxylic acids is 1. The summed E-state index contributed by atoms with van der Waals surface area (Å²) in [5.74, 6) is 0.779. The molecule has 5 nitrogen and oxygen atoms in total. The van der Waals surface area contributed by atoms with Crippen LogP contribution < -0.4 is 5.73 Å². The third kappa shape index (κ3) is 4.75. The zero-order valence-corrected chi connectivity index (χ0v) is 19.7. The summed E-state index contributed by atoms with van der Waals surface area (Å²) >= 11 is 0. The summed E-state index contributed by atoms with van der Waals surface area (Å²) in [6.45, 7) is 3.66. The number of benzene rings is 1. The van der Waals surface area contributed by atoms with E-state index in [0.717, 1.165) is 48.8 Å². The van der Waals surface area contributed by atoms with Gasteiger partial charge in [-0.05, 0) is 90.8 Å². The fourth-order valence-corrected chi connectivity index (χ4v) is 5.84. The Bertz CT molecular complexity index is 1180. The molecule has 2 fully saturated rings. The van der Waals surface area contributed by atoms with E-state index in [-0.39, 0.29) is 24.1 Å². The average molecular weight is 462 g/mol. The number of rotatable bonds is 5. The summed E-state index contributed by atoms with van der Waals surface area (Å²) in [5, 5.41) is 0.410. The van der Waals surface area contributed by atoms with Gasteiger partial charge in [0.2, 0.25) is 0 Å². The van der Waals surface area contributed by atoms with Gasteiger partial charge in [0, 0.05) is 55.2 Å². The van der Waals surface area contributed by atoms with Gasteiger partial charge in [0.25, 0.3) is 0 Å². The fourth-order valence-electron chi connectivity index (χ4n) is 5.84. The van der Waals surface area contributed by atoms with Crippen molar-refractivity contribution >= 4 is 16.7 Å². The Morgan fingerprint density at radius 1 is 1.12 bits per heavy atom. The number of Topliss-reactive ketones (excluding diaryl/α,β-unsaturated/α-hetero) is 1. The van der Waals surface area contributed by atoms with E-state index in [9.17, 15) is 9.18 Å². The van der Waals surface area contributed by atoms with Gasteiger partial charge in [-0.25, -0.2) is 4.39 Å². The lowest BCUT2D eigenvalue weighted by molar-refractivity contribution is 0.0853. The number of aromatic nitrogens is 2. The molecule has 178 valence electrons. The maximum Gasteiger partial charge on any atom is 0.169 e. The summed E-state index contributed by atoms with van der Waals surface area (Å²) in [5.41, 5.74) is 10.3. The standard InChI is InChI=1S/C28H32FN3O2/c1-17-10-19(12-22(30)11-17)23-4-7-31-15-21(23)14-27(33)24-2-3-26(29)25-13-20(16-32-28(24)25)18-5-8-34-9-6-18/h2-4,7,13,15-19,22H,5-6,8-12,14,30H2,1H3/t17-,19+,22-/m0/s1. The first-order valence-electron chi connectivity index (χ1n) is 12.4. The maximum absolute atomic E-state index is 14.8. The second-order valence-corrected chi connectivity index (χ2v) is 10.1. The van der Waals surface area contributed by atoms with E-state index in [0.29, 0.717) is 47.4 Å². The van der Waals surface area contributed by atoms with E-state index >= 15 is 0 Å². The third-order valence-electron chi connectivity index (χ3n) is 7.52. The van der Waals surface area contributed by atoms with Gasteiger partial charge in [0.05, 0.1) is 5.52 Å². The summed E-state index contributed by atoms with van der Waals surface area (Å²) in [7, 11) is 0. The van der Waals surface area contributed by atoms with Crippen molar-refractivity contribution in [1.29, 1.82) is 0 Å². The lowest BCUT2D eigenvalue weighted by atomic mass is 9.75. The molecule has 1 aliphatic carbocycles. The summed E-state index contributed by atoms with van der Waals surface area (Å²) in [6.07, 6.45) is 10.4. The van der Waals surface area contributed by atoms with Crippen molar-refractivity contribution in [1.82, 2.24) is 9.97 Å². The Labute approximate surface area is 199 Å². The molecule has 2 N–H and O–H groups in total. The largest absolute Gasteiger partial charge is 0.381 e. The molecule has 2 aromatic heterocycles. The van der Waals surface area contributed by atoms with Crippen molar-refractivity contribution in [2.24, 2.45) is 11.7 Å². The number of hydrogen-bond acceptors (Lipinski definition) is 5. The third-order valence-corrected chi connectivity index (χ3v) is 7.52. The minimum Gasteiger partial charge on any atom is -0.381 e. The van der Waals surface area contributed by atoms with Crippen LogP contribution in [0.4, 0.5) is 4.39 Å². The van der Waals surface area contributed by atoms with Crippen LogP contribution in [-0.4, -0.2) is 35.0 Å². The second-order valence-electron chi connectivity index (χ2n) is 10.1. The number of carbonyl (C=O) groups is 1. The van der Waals surface area contributed by atoms with Crippen molar-refractivity contribution in [3.05, 3.63) is 70.9 Å². The van der Waals surface area contributed by atoms with Crippen molar-refractivity contribution in [2.75, 3.05) is 13.2 Å². The number of halogens is 1. The van der Waals surface area contributed by atoms with Crippen LogP contribution in [0, 0.1) is 11.7 Å². The summed E-state index contributed by atoms with van der Waals surface area (Å²) < 4.78 is 20.2. The van der Waals surface area contributed by atoms with Crippen molar-refractivity contribution in [2.45, 2.75) is 63.3 Å². The monoisotopic (exact) mass is 461 g/mol. The molecule has 3 atom stereocenters. The molecule has 3 heterocycles. The number of hydrogen-bond donors (Lipinski definition) is 1. The van der Waals surface area contributed by atoms with Crippen LogP contribution in [0.5, 0.6) is 0 Å². The lowest BCUT2D eigenvalue weighted by Gasteiger charge is -2.32. The van der Waals surface area contributed by atoms with Crippen LogP contribution in [0.25, 0.3) is 10.9 Å². The normalized spacial score (nSPS) is 23.8. The first kappa shape index (κ1) is 23.1. The molecule has 0 radical (unpaired) electrons. The number of nitrogens with zero attached hydrogens (tertiary/aromatic N) is 2. The van der Waals surface area contributed by atoms with Gasteiger partial charge in [-0.1, -0.05) is 6.92 Å². The SMILES string of the molecule is C[C@@H]1C[C@H](N)C[C@H](c2ccncc2CC(=O)c2ccc(F)c3cc(C4CCOCC4)cnc23)C1. The molecule has 0 unspecified atom stereocenters. The van der Waals surface area contributed by atoms with Gasteiger partial charge in [0.15, 0.2) is 5.78 Å². The van der Waals surface area contributed by atoms with Gasteiger partial charge in [0.1, 0.15) is 5.82 Å². The minimum atomic E-state index is -0.347. The van der Waals surface area contributed by atoms with Crippen LogP contribution in [-0.2, 0) is 11.2 Å². The predicted molar refractivity (Wildman–Crippen MR) is 130 cm³/mol. The maximum atomic E-state index is 14.8. The van der Waals surface area contributed by atoms with E-state index in [4.69, 9.17) is 10.5 Å². The van der Waals surface area contributed by atoms with Crippen molar-refractivity contribution < 1.29 is 13.9 Å². The molecule has 1 aliphatic heterocycles. The Morgan fingerprint density at radius 2 is 1.94 bits per heavy atom. The predicted octanol–water partition coefficient (Wildman–Crippen LogP) is 5.32. The van der Waals surface area contributed by atoms with E-state index in [1.807, 2.05) is 12.1 Å². The first-order chi connectivity index (χ1) is 16.5. The average Bonchev–Trinajstić information content (AvgIpc) is 2.84. The van der Waals surface area contributed by atoms with E-state index in [2.05, 4.69) is 16.9 Å². The Kier molecular flexibility index (Phi) is 6.70. The highest BCUT2D eigenvalue weighted by Crippen LogP contribution is 2.37. The molecule has 34 heavy (non-hydrogen) atoms. The number of nitrogens with two attached hydrogens (primary N) is 1. The van der Waals surface area contributed by atoms with Crippen LogP contribution in [0.15, 0.2) is 42.9 Å². The molecule has 0 spiro atoms. The summed E-state index contributed by atoms with van der Waals surface area (Å²) in [4.78, 5) is 22.3. The topological polar surface area (TPSA) is 78.1 Å². The molecule has 3 aromatic rings. The number of ether oxygens (including phenoxy) is 1. The van der Waals surface area contributed by atoms with E-state index in [1.165, 1.54) is 6.07 Å². The zero-order valence-electron chi connectivity index (χ0n) is 19.7. The van der Waals surface area contributed by atoms with Crippen LogP contribution in [0.2, 0.25) is 0 Å². The second kappa shape index (κ2) is 9.88. The molecule has 1 aromatic carbocycles. The molecule has 0 amide bonds. The first-order valence-corrected chi connectivity index (χ1v) is 12.4. The van der Waals surface area contributed by atoms with Crippen LogP contribution >= 0.6 is 0 Å². The highest BCUT2D eigenvalue weighted by Gasteiger charge is 2.28. The Hall–Kier alpha value is -2.70. The molecular weight excluding hydrogens is 429 g/mol. The summed E-state index contributed by atoms with van der Waals surface area (Å²) in [6, 6.07) is 7.03. The molecule has 1 saturated carbocycles. The lowest BCUT2D eigenvalue weighted by Crippen LogP contribution is -2.31. The quantitative estimate of drug-likeness (QED) is 0.521. The molecule has 6 heteroatoms. The molecule has 0 bridgehead atoms. The molecule has 5 rings (SSSR count). The fraction of sp³-hybridized carbons (Fsp3) is 0.464. The highest BCUT2D eigenvalue weighted by molar-refractivity contribution is 6.07. The van der Waals surface area contributed by atoms with Gasteiger partial charge in [-0.15, -0.1) is 0 Å². The number of fused-ring (bicyclic) bond motifs is 1. The minimum absolute atomic E-state index is 0.0706. The van der Waals surface area contributed by atoms with E-state index < -0.39 is 0 Å². The highest BCUT2D eigenvalue weighted by atomic mass is 19.1.